The zero-order chi connectivity index (χ0) is 24.2. The van der Waals surface area contributed by atoms with E-state index in [1.807, 2.05) is 0 Å². The molecule has 33 heavy (non-hydrogen) atoms. The Morgan fingerprint density at radius 2 is 1.79 bits per heavy atom. The van der Waals surface area contributed by atoms with Crippen molar-refractivity contribution in [3.63, 3.8) is 0 Å². The van der Waals surface area contributed by atoms with Crippen LogP contribution >= 0.6 is 0 Å². The van der Waals surface area contributed by atoms with Gasteiger partial charge in [-0.3, -0.25) is 4.79 Å². The van der Waals surface area contributed by atoms with E-state index in [2.05, 4.69) is 15.0 Å². The van der Waals surface area contributed by atoms with Gasteiger partial charge in [-0.1, -0.05) is 30.3 Å². The molecular formula is C23H20F5N3O2. The standard InChI is InChI=1S/C23H20F5N3O2/c1-13(31-21(32)16-8-9-30-20(10-16)33-22(24)25)14-2-4-15(5-3-14)19-11-18(23(26,27)28)7-6-17(19)12-29/h2-11,13,22H,12,29H2,1H3,(H,31,32)/t13-/m1/s1. The van der Waals surface area contributed by atoms with E-state index in [0.717, 1.165) is 18.2 Å². The molecule has 0 aliphatic heterocycles. The summed E-state index contributed by atoms with van der Waals surface area (Å²) >= 11 is 0. The van der Waals surface area contributed by atoms with Crippen molar-refractivity contribution in [2.24, 2.45) is 5.73 Å². The van der Waals surface area contributed by atoms with E-state index in [1.165, 1.54) is 18.3 Å². The molecule has 5 nitrogen and oxygen atoms in total. The van der Waals surface area contributed by atoms with Crippen LogP contribution in [0.15, 0.2) is 60.8 Å². The fourth-order valence-corrected chi connectivity index (χ4v) is 3.22. The van der Waals surface area contributed by atoms with Crippen molar-refractivity contribution < 1.29 is 31.5 Å². The normalized spacial score (nSPS) is 12.5. The Morgan fingerprint density at radius 1 is 1.09 bits per heavy atom. The van der Waals surface area contributed by atoms with Crippen molar-refractivity contribution in [1.29, 1.82) is 0 Å². The quantitative estimate of drug-likeness (QED) is 0.463. The van der Waals surface area contributed by atoms with Crippen LogP contribution in [0.1, 0.15) is 40.0 Å². The minimum atomic E-state index is -4.48. The average molecular weight is 465 g/mol. The molecular weight excluding hydrogens is 445 g/mol. The summed E-state index contributed by atoms with van der Waals surface area (Å²) in [7, 11) is 0. The maximum absolute atomic E-state index is 13.1. The minimum Gasteiger partial charge on any atom is -0.417 e. The lowest BCUT2D eigenvalue weighted by atomic mass is 9.95. The molecule has 1 amide bonds. The summed E-state index contributed by atoms with van der Waals surface area (Å²) < 4.78 is 68.2. The van der Waals surface area contributed by atoms with E-state index < -0.39 is 30.3 Å². The van der Waals surface area contributed by atoms with Crippen LogP contribution in [0.3, 0.4) is 0 Å². The highest BCUT2D eigenvalue weighted by atomic mass is 19.4. The number of nitrogens with two attached hydrogens (primary N) is 1. The summed E-state index contributed by atoms with van der Waals surface area (Å²) in [4.78, 5) is 16.1. The summed E-state index contributed by atoms with van der Waals surface area (Å²) in [5, 5.41) is 2.73. The van der Waals surface area contributed by atoms with Crippen LogP contribution in [0.2, 0.25) is 0 Å². The Morgan fingerprint density at radius 3 is 2.39 bits per heavy atom. The fraction of sp³-hybridized carbons (Fsp3) is 0.217. The first-order valence-corrected chi connectivity index (χ1v) is 9.80. The largest absolute Gasteiger partial charge is 0.417 e. The van der Waals surface area contributed by atoms with Crippen molar-refractivity contribution in [1.82, 2.24) is 10.3 Å². The first kappa shape index (κ1) is 24.1. The second-order valence-electron chi connectivity index (χ2n) is 7.15. The number of halogens is 5. The Balaban J connectivity index is 1.77. The molecule has 0 radical (unpaired) electrons. The highest BCUT2D eigenvalue weighted by Gasteiger charge is 2.31. The molecule has 3 aromatic rings. The number of nitrogens with one attached hydrogen (secondary N) is 1. The lowest BCUT2D eigenvalue weighted by Gasteiger charge is -2.16. The van der Waals surface area contributed by atoms with Crippen LogP contribution in [-0.2, 0) is 12.7 Å². The van der Waals surface area contributed by atoms with Gasteiger partial charge in [0, 0.05) is 24.4 Å². The van der Waals surface area contributed by atoms with Crippen LogP contribution in [0.25, 0.3) is 11.1 Å². The second-order valence-corrected chi connectivity index (χ2v) is 7.15. The predicted molar refractivity (Wildman–Crippen MR) is 112 cm³/mol. The third kappa shape index (κ3) is 6.04. The number of alkyl halides is 5. The minimum absolute atomic E-state index is 0.0743. The molecule has 0 saturated heterocycles. The molecule has 3 rings (SSSR count). The first-order chi connectivity index (χ1) is 15.6. The van der Waals surface area contributed by atoms with E-state index in [-0.39, 0.29) is 18.0 Å². The number of carbonyl (C=O) groups is 1. The zero-order valence-corrected chi connectivity index (χ0v) is 17.4. The van der Waals surface area contributed by atoms with Crippen LogP contribution < -0.4 is 15.8 Å². The molecule has 1 heterocycles. The maximum Gasteiger partial charge on any atom is 0.416 e. The molecule has 0 fully saturated rings. The van der Waals surface area contributed by atoms with Gasteiger partial charge in [0.2, 0.25) is 5.88 Å². The fourth-order valence-electron chi connectivity index (χ4n) is 3.22. The van der Waals surface area contributed by atoms with Gasteiger partial charge in [0.1, 0.15) is 0 Å². The summed E-state index contributed by atoms with van der Waals surface area (Å²) in [6.07, 6.45) is -3.30. The zero-order valence-electron chi connectivity index (χ0n) is 17.4. The monoisotopic (exact) mass is 465 g/mol. The molecule has 1 aromatic heterocycles. The summed E-state index contributed by atoms with van der Waals surface area (Å²) in [6.45, 7) is -1.28. The molecule has 0 spiro atoms. The molecule has 0 aliphatic carbocycles. The van der Waals surface area contributed by atoms with Gasteiger partial charge < -0.3 is 15.8 Å². The Kier molecular flexibility index (Phi) is 7.27. The highest BCUT2D eigenvalue weighted by Crippen LogP contribution is 2.34. The number of rotatable bonds is 7. The van der Waals surface area contributed by atoms with Crippen molar-refractivity contribution >= 4 is 5.91 Å². The number of carbonyl (C=O) groups excluding carboxylic acids is 1. The van der Waals surface area contributed by atoms with Gasteiger partial charge >= 0.3 is 12.8 Å². The van der Waals surface area contributed by atoms with Gasteiger partial charge in [0.15, 0.2) is 0 Å². The summed E-state index contributed by atoms with van der Waals surface area (Å²) in [5.41, 5.74) is 7.18. The number of hydrogen-bond donors (Lipinski definition) is 2. The lowest BCUT2D eigenvalue weighted by molar-refractivity contribution is -0.137. The molecule has 2 aromatic carbocycles. The number of ether oxygens (including phenoxy) is 1. The van der Waals surface area contributed by atoms with Crippen molar-refractivity contribution in [2.45, 2.75) is 32.3 Å². The summed E-state index contributed by atoms with van der Waals surface area (Å²) in [5.74, 6) is -0.914. The van der Waals surface area contributed by atoms with Gasteiger partial charge in [-0.2, -0.15) is 22.0 Å². The Hall–Kier alpha value is -3.53. The molecule has 0 bridgehead atoms. The van der Waals surface area contributed by atoms with Crippen molar-refractivity contribution in [2.75, 3.05) is 0 Å². The maximum atomic E-state index is 13.1. The van der Waals surface area contributed by atoms with Crippen LogP contribution in [-0.4, -0.2) is 17.5 Å². The molecule has 0 aliphatic rings. The van der Waals surface area contributed by atoms with Gasteiger partial charge in [-0.05, 0) is 47.4 Å². The number of hydrogen-bond acceptors (Lipinski definition) is 4. The lowest BCUT2D eigenvalue weighted by Crippen LogP contribution is -2.26. The van der Waals surface area contributed by atoms with Crippen molar-refractivity contribution in [3.8, 4) is 17.0 Å². The predicted octanol–water partition coefficient (Wildman–Crippen LogP) is 5.32. The SMILES string of the molecule is C[C@@H](NC(=O)c1ccnc(OC(F)F)c1)c1ccc(-c2cc(C(F)(F)F)ccc2CN)cc1. The van der Waals surface area contributed by atoms with E-state index in [4.69, 9.17) is 5.73 Å². The molecule has 174 valence electrons. The third-order valence-electron chi connectivity index (χ3n) is 4.93. The van der Waals surface area contributed by atoms with Crippen LogP contribution in [0.4, 0.5) is 22.0 Å². The number of pyridine rings is 1. The van der Waals surface area contributed by atoms with Gasteiger partial charge in [-0.25, -0.2) is 4.98 Å². The number of benzene rings is 2. The van der Waals surface area contributed by atoms with Crippen molar-refractivity contribution in [3.05, 3.63) is 83.0 Å². The average Bonchev–Trinajstić information content (AvgIpc) is 2.77. The molecule has 1 atom stereocenters. The molecule has 0 saturated carbocycles. The van der Waals surface area contributed by atoms with Crippen LogP contribution in [0.5, 0.6) is 5.88 Å². The smallest absolute Gasteiger partial charge is 0.416 e. The Bertz CT molecular complexity index is 1120. The molecule has 0 unspecified atom stereocenters. The topological polar surface area (TPSA) is 77.2 Å². The number of nitrogens with zero attached hydrogens (tertiary/aromatic N) is 1. The van der Waals surface area contributed by atoms with E-state index in [0.29, 0.717) is 22.3 Å². The second kappa shape index (κ2) is 9.95. The highest BCUT2D eigenvalue weighted by molar-refractivity contribution is 5.94. The van der Waals surface area contributed by atoms with Gasteiger partial charge in [-0.15, -0.1) is 0 Å². The van der Waals surface area contributed by atoms with Gasteiger partial charge in [0.05, 0.1) is 11.6 Å². The first-order valence-electron chi connectivity index (χ1n) is 9.80. The van der Waals surface area contributed by atoms with E-state index in [9.17, 15) is 26.7 Å². The number of aromatic nitrogens is 1. The molecule has 10 heteroatoms. The van der Waals surface area contributed by atoms with Crippen LogP contribution in [0, 0.1) is 0 Å². The Labute approximate surface area is 186 Å². The van der Waals surface area contributed by atoms with E-state index >= 15 is 0 Å². The summed E-state index contributed by atoms with van der Waals surface area (Å²) in [6, 6.07) is 12.0. The van der Waals surface area contributed by atoms with E-state index in [1.54, 1.807) is 31.2 Å². The number of amides is 1. The third-order valence-corrected chi connectivity index (χ3v) is 4.93. The molecule has 3 N–H and O–H groups in total. The van der Waals surface area contributed by atoms with Gasteiger partial charge in [0.25, 0.3) is 5.91 Å².